The van der Waals surface area contributed by atoms with E-state index in [-0.39, 0.29) is 0 Å². The van der Waals surface area contributed by atoms with Crippen LogP contribution in [0.2, 0.25) is 0 Å². The molecule has 0 aliphatic heterocycles. The van der Waals surface area contributed by atoms with Crippen LogP contribution in [0.15, 0.2) is 30.3 Å². The first-order valence-electron chi connectivity index (χ1n) is 4.07. The maximum absolute atomic E-state index is 3.09. The van der Waals surface area contributed by atoms with E-state index in [9.17, 15) is 0 Å². The molecule has 1 aromatic carbocycles. The Hall–Kier alpha value is -1.26. The number of rotatable bonds is 2. The second-order valence-corrected chi connectivity index (χ2v) is 2.55. The van der Waals surface area contributed by atoms with Crippen molar-refractivity contribution in [2.24, 2.45) is 0 Å². The Morgan fingerprint density at radius 3 is 2.58 bits per heavy atom. The number of hydrogen-bond acceptors (Lipinski definition) is 1. The normalized spacial score (nSPS) is 8.75. The molecule has 1 N–H and O–H groups in total. The van der Waals surface area contributed by atoms with Gasteiger partial charge in [0.1, 0.15) is 0 Å². The van der Waals surface area contributed by atoms with Gasteiger partial charge in [-0.2, -0.15) is 0 Å². The summed E-state index contributed by atoms with van der Waals surface area (Å²) < 4.78 is 0. The predicted octanol–water partition coefficient (Wildman–Crippen LogP) is 1.45. The van der Waals surface area contributed by atoms with Crippen LogP contribution in [0, 0.1) is 11.8 Å². The van der Waals surface area contributed by atoms with Gasteiger partial charge in [0.15, 0.2) is 0 Å². The van der Waals surface area contributed by atoms with E-state index in [0.717, 1.165) is 13.0 Å². The lowest BCUT2D eigenvalue weighted by Crippen LogP contribution is -2.04. The number of benzene rings is 1. The fourth-order valence-electron chi connectivity index (χ4n) is 0.911. The van der Waals surface area contributed by atoms with Crippen molar-refractivity contribution >= 4 is 0 Å². The van der Waals surface area contributed by atoms with Gasteiger partial charge in [-0.25, -0.2) is 0 Å². The molecule has 0 radical (unpaired) electrons. The highest BCUT2D eigenvalue weighted by molar-refractivity contribution is 5.20. The zero-order valence-electron chi connectivity index (χ0n) is 7.30. The van der Waals surface area contributed by atoms with Gasteiger partial charge in [-0.15, -0.1) is 0 Å². The average molecular weight is 159 g/mol. The summed E-state index contributed by atoms with van der Waals surface area (Å²) in [5.41, 5.74) is 1.28. The van der Waals surface area contributed by atoms with Gasteiger partial charge < -0.3 is 5.32 Å². The molecular weight excluding hydrogens is 146 g/mol. The molecule has 0 fully saturated rings. The Morgan fingerprint density at radius 1 is 1.17 bits per heavy atom. The zero-order chi connectivity index (χ0) is 8.65. The van der Waals surface area contributed by atoms with Gasteiger partial charge in [0, 0.05) is 6.42 Å². The van der Waals surface area contributed by atoms with Gasteiger partial charge in [-0.3, -0.25) is 0 Å². The molecule has 0 amide bonds. The van der Waals surface area contributed by atoms with Crippen LogP contribution in [0.4, 0.5) is 0 Å². The fraction of sp³-hybridized carbons (Fsp3) is 0.273. The summed E-state index contributed by atoms with van der Waals surface area (Å²) >= 11 is 0. The fourth-order valence-corrected chi connectivity index (χ4v) is 0.911. The van der Waals surface area contributed by atoms with E-state index in [2.05, 4.69) is 29.3 Å². The molecular formula is C11H13N. The van der Waals surface area contributed by atoms with E-state index in [4.69, 9.17) is 0 Å². The van der Waals surface area contributed by atoms with Crippen LogP contribution in [0.3, 0.4) is 0 Å². The van der Waals surface area contributed by atoms with Gasteiger partial charge >= 0.3 is 0 Å². The molecule has 0 spiro atoms. The predicted molar refractivity (Wildman–Crippen MR) is 51.8 cm³/mol. The Morgan fingerprint density at radius 2 is 1.92 bits per heavy atom. The molecule has 0 saturated heterocycles. The molecule has 0 aliphatic carbocycles. The van der Waals surface area contributed by atoms with Crippen molar-refractivity contribution in [2.75, 3.05) is 13.6 Å². The van der Waals surface area contributed by atoms with Crippen molar-refractivity contribution in [2.45, 2.75) is 6.42 Å². The summed E-state index contributed by atoms with van der Waals surface area (Å²) in [5, 5.41) is 2.98. The van der Waals surface area contributed by atoms with E-state index < -0.39 is 0 Å². The smallest absolute Gasteiger partial charge is 0.0574 e. The standard InChI is InChI=1S/C11H13N/c1-12-10-6-5-9-11-7-3-2-4-8-11/h2-4,7-8,12H,9-10H2,1H3. The van der Waals surface area contributed by atoms with E-state index in [1.54, 1.807) is 0 Å². The maximum atomic E-state index is 3.09. The van der Waals surface area contributed by atoms with E-state index in [1.807, 2.05) is 25.2 Å². The highest BCUT2D eigenvalue weighted by atomic mass is 14.8. The lowest BCUT2D eigenvalue weighted by Gasteiger charge is -1.91. The largest absolute Gasteiger partial charge is 0.309 e. The molecule has 1 rings (SSSR count). The number of hydrogen-bond donors (Lipinski definition) is 1. The van der Waals surface area contributed by atoms with Crippen LogP contribution in [0.25, 0.3) is 0 Å². The molecule has 0 aromatic heterocycles. The van der Waals surface area contributed by atoms with Crippen LogP contribution in [-0.2, 0) is 6.42 Å². The summed E-state index contributed by atoms with van der Waals surface area (Å²) in [4.78, 5) is 0. The summed E-state index contributed by atoms with van der Waals surface area (Å²) in [6.45, 7) is 0.771. The first-order chi connectivity index (χ1) is 5.93. The quantitative estimate of drug-likeness (QED) is 0.644. The molecule has 62 valence electrons. The van der Waals surface area contributed by atoms with Crippen LogP contribution in [0.1, 0.15) is 5.56 Å². The Labute approximate surface area is 73.8 Å². The minimum Gasteiger partial charge on any atom is -0.309 e. The lowest BCUT2D eigenvalue weighted by molar-refractivity contribution is 0.937. The SMILES string of the molecule is CNCC#CCc1ccccc1. The van der Waals surface area contributed by atoms with Gasteiger partial charge in [0.25, 0.3) is 0 Å². The van der Waals surface area contributed by atoms with E-state index in [0.29, 0.717) is 0 Å². The summed E-state index contributed by atoms with van der Waals surface area (Å²) in [5.74, 6) is 6.11. The second-order valence-electron chi connectivity index (χ2n) is 2.55. The van der Waals surface area contributed by atoms with E-state index >= 15 is 0 Å². The average Bonchev–Trinajstić information content (AvgIpc) is 2.14. The Kier molecular flexibility index (Phi) is 3.97. The molecule has 0 saturated carbocycles. The molecule has 1 heteroatoms. The van der Waals surface area contributed by atoms with E-state index in [1.165, 1.54) is 5.56 Å². The van der Waals surface area contributed by atoms with Crippen LogP contribution in [-0.4, -0.2) is 13.6 Å². The molecule has 12 heavy (non-hydrogen) atoms. The third-order valence-electron chi connectivity index (χ3n) is 1.53. The van der Waals surface area contributed by atoms with Crippen molar-refractivity contribution < 1.29 is 0 Å². The molecule has 0 bridgehead atoms. The molecule has 0 aliphatic rings. The minimum atomic E-state index is 0.771. The van der Waals surface area contributed by atoms with Crippen molar-refractivity contribution in [3.05, 3.63) is 35.9 Å². The highest BCUT2D eigenvalue weighted by Crippen LogP contribution is 1.97. The third-order valence-corrected chi connectivity index (χ3v) is 1.53. The van der Waals surface area contributed by atoms with Crippen molar-refractivity contribution in [3.63, 3.8) is 0 Å². The van der Waals surface area contributed by atoms with Crippen molar-refractivity contribution in [1.29, 1.82) is 0 Å². The maximum Gasteiger partial charge on any atom is 0.0574 e. The highest BCUT2D eigenvalue weighted by Gasteiger charge is 1.83. The van der Waals surface area contributed by atoms with Gasteiger partial charge in [-0.05, 0) is 12.6 Å². The van der Waals surface area contributed by atoms with Crippen LogP contribution >= 0.6 is 0 Å². The van der Waals surface area contributed by atoms with Crippen molar-refractivity contribution in [3.8, 4) is 11.8 Å². The minimum absolute atomic E-state index is 0.771. The zero-order valence-corrected chi connectivity index (χ0v) is 7.30. The number of nitrogens with one attached hydrogen (secondary N) is 1. The first-order valence-corrected chi connectivity index (χ1v) is 4.07. The monoisotopic (exact) mass is 159 g/mol. The lowest BCUT2D eigenvalue weighted by atomic mass is 10.2. The van der Waals surface area contributed by atoms with Crippen LogP contribution in [0.5, 0.6) is 0 Å². The molecule has 1 aromatic rings. The van der Waals surface area contributed by atoms with Crippen molar-refractivity contribution in [1.82, 2.24) is 5.32 Å². The topological polar surface area (TPSA) is 12.0 Å². The third kappa shape index (κ3) is 3.23. The first kappa shape index (κ1) is 8.83. The summed E-state index contributed by atoms with van der Waals surface area (Å²) in [7, 11) is 1.90. The van der Waals surface area contributed by atoms with Gasteiger partial charge in [-0.1, -0.05) is 42.2 Å². The van der Waals surface area contributed by atoms with Gasteiger partial charge in [0.05, 0.1) is 6.54 Å². The van der Waals surface area contributed by atoms with Gasteiger partial charge in [0.2, 0.25) is 0 Å². The molecule has 0 heterocycles. The van der Waals surface area contributed by atoms with Crippen LogP contribution < -0.4 is 5.32 Å². The molecule has 1 nitrogen and oxygen atoms in total. The Bertz CT molecular complexity index is 266. The Balaban J connectivity index is 2.40. The summed E-state index contributed by atoms with van der Waals surface area (Å²) in [6.07, 6.45) is 0.850. The molecule has 0 unspecified atom stereocenters. The molecule has 0 atom stereocenters. The summed E-state index contributed by atoms with van der Waals surface area (Å²) in [6, 6.07) is 10.3. The second kappa shape index (κ2) is 5.40.